The molecule has 5 rings (SSSR count). The van der Waals surface area contributed by atoms with E-state index in [0.29, 0.717) is 35.6 Å². The van der Waals surface area contributed by atoms with Crippen molar-refractivity contribution in [1.82, 2.24) is 10.1 Å². The van der Waals surface area contributed by atoms with E-state index in [1.165, 1.54) is 12.1 Å². The second-order valence-electron chi connectivity index (χ2n) is 8.54. The fraction of sp³-hybridized carbons (Fsp3) is 0.100. The van der Waals surface area contributed by atoms with E-state index in [-0.39, 0.29) is 24.0 Å². The molecule has 1 amide bonds. The molecular weight excluding hydrogens is 467 g/mol. The second kappa shape index (κ2) is 11.3. The van der Waals surface area contributed by atoms with E-state index in [1.807, 2.05) is 72.8 Å². The van der Waals surface area contributed by atoms with Crippen LogP contribution in [-0.2, 0) is 17.8 Å². The highest BCUT2D eigenvalue weighted by molar-refractivity contribution is 5.97. The zero-order chi connectivity index (χ0) is 25.5. The minimum absolute atomic E-state index is 0.191. The van der Waals surface area contributed by atoms with E-state index in [9.17, 15) is 9.18 Å². The number of rotatable bonds is 9. The number of pyridine rings is 1. The van der Waals surface area contributed by atoms with E-state index < -0.39 is 0 Å². The molecule has 0 atom stereocenters. The molecule has 0 aliphatic carbocycles. The molecule has 184 valence electrons. The molecule has 37 heavy (non-hydrogen) atoms. The number of hydrogen-bond donors (Lipinski definition) is 2. The minimum atomic E-state index is -0.348. The summed E-state index contributed by atoms with van der Waals surface area (Å²) in [6, 6.07) is 29.5. The average Bonchev–Trinajstić information content (AvgIpc) is 3.36. The fourth-order valence-corrected chi connectivity index (χ4v) is 4.01. The molecule has 0 saturated heterocycles. The third-order valence-corrected chi connectivity index (χ3v) is 5.91. The summed E-state index contributed by atoms with van der Waals surface area (Å²) in [5, 5.41) is 10.4. The van der Waals surface area contributed by atoms with Crippen LogP contribution in [-0.4, -0.2) is 16.0 Å². The second-order valence-corrected chi connectivity index (χ2v) is 8.54. The third kappa shape index (κ3) is 6.08. The summed E-state index contributed by atoms with van der Waals surface area (Å²) < 4.78 is 19.2. The van der Waals surface area contributed by atoms with Crippen molar-refractivity contribution in [2.24, 2.45) is 0 Å². The summed E-state index contributed by atoms with van der Waals surface area (Å²) in [5.74, 6) is 0.356. The number of nitrogens with zero attached hydrogens (tertiary/aromatic N) is 2. The Morgan fingerprint density at radius 1 is 0.838 bits per heavy atom. The van der Waals surface area contributed by atoms with Crippen LogP contribution in [0.4, 0.5) is 16.1 Å². The highest BCUT2D eigenvalue weighted by atomic mass is 19.1. The molecule has 2 heterocycles. The van der Waals surface area contributed by atoms with Crippen molar-refractivity contribution in [1.29, 1.82) is 0 Å². The number of nitrogens with one attached hydrogen (secondary N) is 2. The van der Waals surface area contributed by atoms with Crippen molar-refractivity contribution in [2.75, 3.05) is 10.6 Å². The number of carbonyl (C=O) groups is 1. The lowest BCUT2D eigenvalue weighted by Crippen LogP contribution is -2.12. The molecule has 3 aromatic carbocycles. The van der Waals surface area contributed by atoms with Crippen molar-refractivity contribution >= 4 is 17.6 Å². The Morgan fingerprint density at radius 2 is 1.54 bits per heavy atom. The molecule has 0 radical (unpaired) electrons. The van der Waals surface area contributed by atoms with Crippen LogP contribution < -0.4 is 10.6 Å². The molecule has 0 spiro atoms. The van der Waals surface area contributed by atoms with Crippen LogP contribution >= 0.6 is 0 Å². The molecule has 0 saturated carbocycles. The first kappa shape index (κ1) is 23.9. The van der Waals surface area contributed by atoms with Gasteiger partial charge in [0.2, 0.25) is 11.8 Å². The lowest BCUT2D eigenvalue weighted by Gasteiger charge is -2.10. The summed E-state index contributed by atoms with van der Waals surface area (Å²) in [6.45, 7) is 0.606. The summed E-state index contributed by atoms with van der Waals surface area (Å²) in [6.07, 6.45) is 2.57. The number of benzene rings is 3. The van der Waals surface area contributed by atoms with Crippen LogP contribution in [0.25, 0.3) is 22.4 Å². The number of anilines is 2. The number of aromatic nitrogens is 2. The Bertz CT molecular complexity index is 1470. The van der Waals surface area contributed by atoms with E-state index in [2.05, 4.69) is 20.8 Å². The maximum atomic E-state index is 13.6. The zero-order valence-electron chi connectivity index (χ0n) is 20.0. The Kier molecular flexibility index (Phi) is 7.31. The molecule has 6 nitrogen and oxygen atoms in total. The van der Waals surface area contributed by atoms with Crippen molar-refractivity contribution < 1.29 is 13.7 Å². The number of amides is 1. The van der Waals surface area contributed by atoms with Gasteiger partial charge in [0.25, 0.3) is 0 Å². The van der Waals surface area contributed by atoms with E-state index >= 15 is 0 Å². The smallest absolute Gasteiger partial charge is 0.239 e. The Labute approximate surface area is 214 Å². The lowest BCUT2D eigenvalue weighted by molar-refractivity contribution is -0.116. The van der Waals surface area contributed by atoms with Crippen LogP contribution in [0.5, 0.6) is 0 Å². The van der Waals surface area contributed by atoms with Crippen molar-refractivity contribution in [3.63, 3.8) is 0 Å². The summed E-state index contributed by atoms with van der Waals surface area (Å²) in [5.41, 5.74) is 4.72. The summed E-state index contributed by atoms with van der Waals surface area (Å²) >= 11 is 0. The minimum Gasteiger partial charge on any atom is -0.366 e. The van der Waals surface area contributed by atoms with Crippen LogP contribution in [0.2, 0.25) is 0 Å². The van der Waals surface area contributed by atoms with Gasteiger partial charge in [-0.3, -0.25) is 10.1 Å². The van der Waals surface area contributed by atoms with Gasteiger partial charge in [0.15, 0.2) is 0 Å². The largest absolute Gasteiger partial charge is 0.366 e. The van der Waals surface area contributed by atoms with Gasteiger partial charge in [-0.1, -0.05) is 65.8 Å². The van der Waals surface area contributed by atoms with Crippen LogP contribution in [0.15, 0.2) is 108 Å². The maximum absolute atomic E-state index is 13.6. The van der Waals surface area contributed by atoms with Gasteiger partial charge in [-0.2, -0.15) is 0 Å². The summed E-state index contributed by atoms with van der Waals surface area (Å²) in [4.78, 5) is 17.2. The molecular formula is C30H25FN4O2. The summed E-state index contributed by atoms with van der Waals surface area (Å²) in [7, 11) is 0. The number of halogens is 1. The molecule has 5 aromatic rings. The first-order valence-electron chi connectivity index (χ1n) is 12.0. The van der Waals surface area contributed by atoms with Gasteiger partial charge in [-0.25, -0.2) is 9.37 Å². The van der Waals surface area contributed by atoms with Gasteiger partial charge in [0.05, 0.1) is 5.56 Å². The van der Waals surface area contributed by atoms with Gasteiger partial charge in [0.1, 0.15) is 17.3 Å². The SMILES string of the molecule is O=C(CCc1ccccc1)Nc1onc(-c2ccc(F)cc2)c1-c1ccnc(NCc2ccccc2)c1. The average molecular weight is 493 g/mol. The first-order chi connectivity index (χ1) is 18.2. The van der Waals surface area contributed by atoms with Crippen LogP contribution in [0.1, 0.15) is 17.5 Å². The molecule has 0 aliphatic heterocycles. The first-order valence-corrected chi connectivity index (χ1v) is 12.0. The van der Waals surface area contributed by atoms with E-state index in [1.54, 1.807) is 18.3 Å². The molecule has 0 aliphatic rings. The van der Waals surface area contributed by atoms with E-state index in [0.717, 1.165) is 16.7 Å². The topological polar surface area (TPSA) is 80.1 Å². The van der Waals surface area contributed by atoms with Gasteiger partial charge in [0, 0.05) is 24.7 Å². The van der Waals surface area contributed by atoms with Gasteiger partial charge >= 0.3 is 0 Å². The van der Waals surface area contributed by atoms with Crippen molar-refractivity contribution in [3.05, 3.63) is 120 Å². The normalized spacial score (nSPS) is 10.7. The van der Waals surface area contributed by atoms with Crippen molar-refractivity contribution in [3.8, 4) is 22.4 Å². The molecule has 0 bridgehead atoms. The highest BCUT2D eigenvalue weighted by Gasteiger charge is 2.22. The molecule has 0 unspecified atom stereocenters. The van der Waals surface area contributed by atoms with Gasteiger partial charge in [-0.05, 0) is 59.5 Å². The maximum Gasteiger partial charge on any atom is 0.239 e. The molecule has 0 fully saturated rings. The predicted molar refractivity (Wildman–Crippen MR) is 142 cm³/mol. The molecule has 2 aromatic heterocycles. The third-order valence-electron chi connectivity index (χ3n) is 5.91. The highest BCUT2D eigenvalue weighted by Crippen LogP contribution is 2.38. The van der Waals surface area contributed by atoms with Gasteiger partial charge < -0.3 is 9.84 Å². The Hall–Kier alpha value is -4.78. The predicted octanol–water partition coefficient (Wildman–Crippen LogP) is 6.73. The zero-order valence-corrected chi connectivity index (χ0v) is 20.0. The lowest BCUT2D eigenvalue weighted by atomic mass is 10.0. The van der Waals surface area contributed by atoms with E-state index in [4.69, 9.17) is 4.52 Å². The Morgan fingerprint density at radius 3 is 2.27 bits per heavy atom. The standard InChI is InChI=1S/C30H25FN4O2/c31-25-14-12-23(13-15-25)29-28(24-17-18-32-26(19-24)33-20-22-9-5-2-6-10-22)30(37-35-29)34-27(36)16-11-21-7-3-1-4-8-21/h1-10,12-15,17-19H,11,16,20H2,(H,32,33)(H,34,36). The van der Waals surface area contributed by atoms with Gasteiger partial charge in [-0.15, -0.1) is 0 Å². The Balaban J connectivity index is 1.42. The quantitative estimate of drug-likeness (QED) is 0.239. The number of hydrogen-bond acceptors (Lipinski definition) is 5. The monoisotopic (exact) mass is 492 g/mol. The van der Waals surface area contributed by atoms with Crippen LogP contribution in [0, 0.1) is 5.82 Å². The van der Waals surface area contributed by atoms with Crippen LogP contribution in [0.3, 0.4) is 0 Å². The number of carbonyl (C=O) groups excluding carboxylic acids is 1. The van der Waals surface area contributed by atoms with Crippen molar-refractivity contribution in [2.45, 2.75) is 19.4 Å². The molecule has 7 heteroatoms. The molecule has 2 N–H and O–H groups in total. The number of aryl methyl sites for hydroxylation is 1. The fourth-order valence-electron chi connectivity index (χ4n) is 4.01.